The van der Waals surface area contributed by atoms with Crippen molar-refractivity contribution in [2.24, 2.45) is 28.9 Å². The molecule has 0 aromatic carbocycles. The average molecular weight is 238 g/mol. The molecule has 1 amide bonds. The van der Waals surface area contributed by atoms with Crippen LogP contribution in [0.5, 0.6) is 0 Å². The fourth-order valence-corrected chi connectivity index (χ4v) is 3.55. The topological polar surface area (TPSA) is 46.3 Å². The summed E-state index contributed by atoms with van der Waals surface area (Å²) in [5, 5.41) is 0. The first-order valence-electron chi connectivity index (χ1n) is 6.98. The SMILES string of the molecule is CC1CC(CN)(C(=O)N2CCC(C(C)C)C2)C1. The van der Waals surface area contributed by atoms with Gasteiger partial charge in [0.05, 0.1) is 5.41 Å². The number of likely N-dealkylation sites (tertiary alicyclic amines) is 1. The van der Waals surface area contributed by atoms with Crippen LogP contribution in [0.4, 0.5) is 0 Å². The highest BCUT2D eigenvalue weighted by Gasteiger charge is 2.49. The third-order valence-corrected chi connectivity index (χ3v) is 4.78. The molecule has 1 aliphatic heterocycles. The van der Waals surface area contributed by atoms with Gasteiger partial charge in [-0.3, -0.25) is 4.79 Å². The largest absolute Gasteiger partial charge is 0.342 e. The molecule has 2 aliphatic rings. The van der Waals surface area contributed by atoms with Crippen LogP contribution in [0, 0.1) is 23.2 Å². The van der Waals surface area contributed by atoms with E-state index in [2.05, 4.69) is 25.7 Å². The fraction of sp³-hybridized carbons (Fsp3) is 0.929. The molecule has 2 N–H and O–H groups in total. The standard InChI is InChI=1S/C14H26N2O/c1-10(2)12-4-5-16(8-12)13(17)14(9-15)6-11(3)7-14/h10-12H,4-9,15H2,1-3H3. The van der Waals surface area contributed by atoms with Crippen LogP contribution >= 0.6 is 0 Å². The lowest BCUT2D eigenvalue weighted by Crippen LogP contribution is -2.54. The van der Waals surface area contributed by atoms with Crippen molar-refractivity contribution in [1.29, 1.82) is 0 Å². The van der Waals surface area contributed by atoms with E-state index < -0.39 is 0 Å². The Balaban J connectivity index is 1.97. The minimum absolute atomic E-state index is 0.203. The summed E-state index contributed by atoms with van der Waals surface area (Å²) in [5.41, 5.74) is 5.64. The summed E-state index contributed by atoms with van der Waals surface area (Å²) in [6.45, 7) is 9.14. The summed E-state index contributed by atoms with van der Waals surface area (Å²) in [4.78, 5) is 14.6. The number of amides is 1. The van der Waals surface area contributed by atoms with Gasteiger partial charge in [-0.15, -0.1) is 0 Å². The van der Waals surface area contributed by atoms with Crippen LogP contribution in [0.15, 0.2) is 0 Å². The van der Waals surface area contributed by atoms with Gasteiger partial charge in [0.1, 0.15) is 0 Å². The number of nitrogens with zero attached hydrogens (tertiary/aromatic N) is 1. The Morgan fingerprint density at radius 1 is 1.47 bits per heavy atom. The molecule has 0 bridgehead atoms. The number of hydrogen-bond donors (Lipinski definition) is 1. The lowest BCUT2D eigenvalue weighted by molar-refractivity contribution is -0.148. The van der Waals surface area contributed by atoms with Crippen LogP contribution in [0.25, 0.3) is 0 Å². The lowest BCUT2D eigenvalue weighted by Gasteiger charge is -2.46. The highest BCUT2D eigenvalue weighted by Crippen LogP contribution is 2.46. The number of rotatable bonds is 3. The third kappa shape index (κ3) is 2.22. The molecule has 2 fully saturated rings. The molecular weight excluding hydrogens is 212 g/mol. The Morgan fingerprint density at radius 3 is 2.53 bits per heavy atom. The highest BCUT2D eigenvalue weighted by atomic mass is 16.2. The summed E-state index contributed by atoms with van der Waals surface area (Å²) in [6, 6.07) is 0. The van der Waals surface area contributed by atoms with E-state index in [4.69, 9.17) is 5.73 Å². The van der Waals surface area contributed by atoms with Crippen molar-refractivity contribution in [2.45, 2.75) is 40.0 Å². The van der Waals surface area contributed by atoms with Gasteiger partial charge < -0.3 is 10.6 Å². The summed E-state index contributed by atoms with van der Waals surface area (Å²) >= 11 is 0. The van der Waals surface area contributed by atoms with E-state index in [0.717, 1.165) is 25.9 Å². The first-order valence-corrected chi connectivity index (χ1v) is 6.98. The zero-order valence-electron chi connectivity index (χ0n) is 11.4. The first-order chi connectivity index (χ1) is 7.98. The van der Waals surface area contributed by atoms with Gasteiger partial charge in [0.15, 0.2) is 0 Å². The third-order valence-electron chi connectivity index (χ3n) is 4.78. The van der Waals surface area contributed by atoms with Gasteiger partial charge in [-0.25, -0.2) is 0 Å². The molecule has 1 saturated carbocycles. The quantitative estimate of drug-likeness (QED) is 0.816. The molecule has 0 radical (unpaired) electrons. The zero-order valence-corrected chi connectivity index (χ0v) is 11.4. The molecule has 17 heavy (non-hydrogen) atoms. The molecule has 98 valence electrons. The maximum Gasteiger partial charge on any atom is 0.230 e. The minimum Gasteiger partial charge on any atom is -0.342 e. The van der Waals surface area contributed by atoms with Crippen molar-refractivity contribution < 1.29 is 4.79 Å². The lowest BCUT2D eigenvalue weighted by atomic mass is 9.62. The van der Waals surface area contributed by atoms with Gasteiger partial charge in [-0.05, 0) is 37.0 Å². The zero-order chi connectivity index (χ0) is 12.6. The Hall–Kier alpha value is -0.570. The molecule has 0 spiro atoms. The monoisotopic (exact) mass is 238 g/mol. The van der Waals surface area contributed by atoms with Crippen LogP contribution in [-0.4, -0.2) is 30.4 Å². The van der Waals surface area contributed by atoms with E-state index in [0.29, 0.717) is 30.2 Å². The Kier molecular flexibility index (Phi) is 3.48. The van der Waals surface area contributed by atoms with Gasteiger partial charge in [0, 0.05) is 19.6 Å². The number of nitrogens with two attached hydrogens (primary N) is 1. The molecule has 1 saturated heterocycles. The smallest absolute Gasteiger partial charge is 0.230 e. The molecule has 0 aromatic heterocycles. The molecule has 3 nitrogen and oxygen atoms in total. The van der Waals surface area contributed by atoms with E-state index in [-0.39, 0.29) is 5.41 Å². The van der Waals surface area contributed by atoms with Gasteiger partial charge in [-0.1, -0.05) is 20.8 Å². The van der Waals surface area contributed by atoms with Crippen molar-refractivity contribution in [3.63, 3.8) is 0 Å². The van der Waals surface area contributed by atoms with Crippen molar-refractivity contribution in [2.75, 3.05) is 19.6 Å². The molecule has 2 rings (SSSR count). The summed E-state index contributed by atoms with van der Waals surface area (Å²) < 4.78 is 0. The second kappa shape index (κ2) is 4.60. The Bertz CT molecular complexity index is 295. The van der Waals surface area contributed by atoms with Crippen LogP contribution in [0.3, 0.4) is 0 Å². The second-order valence-electron chi connectivity index (χ2n) is 6.54. The Labute approximate surface area is 105 Å². The highest BCUT2D eigenvalue weighted by molar-refractivity contribution is 5.84. The van der Waals surface area contributed by atoms with E-state index >= 15 is 0 Å². The van der Waals surface area contributed by atoms with Crippen molar-refractivity contribution in [3.8, 4) is 0 Å². The van der Waals surface area contributed by atoms with Crippen LogP contribution in [0.2, 0.25) is 0 Å². The molecule has 1 unspecified atom stereocenters. The summed E-state index contributed by atoms with van der Waals surface area (Å²) in [5.74, 6) is 2.38. The number of carbonyl (C=O) groups is 1. The second-order valence-corrected chi connectivity index (χ2v) is 6.54. The van der Waals surface area contributed by atoms with Crippen LogP contribution in [0.1, 0.15) is 40.0 Å². The van der Waals surface area contributed by atoms with Crippen molar-refractivity contribution >= 4 is 5.91 Å². The van der Waals surface area contributed by atoms with E-state index in [1.807, 2.05) is 0 Å². The number of carbonyl (C=O) groups excluding carboxylic acids is 1. The average Bonchev–Trinajstić information content (AvgIpc) is 2.72. The predicted octanol–water partition coefficient (Wildman–Crippen LogP) is 1.87. The fourth-order valence-electron chi connectivity index (χ4n) is 3.55. The molecular formula is C14H26N2O. The van der Waals surface area contributed by atoms with Gasteiger partial charge in [0.2, 0.25) is 5.91 Å². The minimum atomic E-state index is -0.203. The van der Waals surface area contributed by atoms with E-state index in [9.17, 15) is 4.79 Å². The van der Waals surface area contributed by atoms with Crippen LogP contribution < -0.4 is 5.73 Å². The van der Waals surface area contributed by atoms with Gasteiger partial charge in [0.25, 0.3) is 0 Å². The summed E-state index contributed by atoms with van der Waals surface area (Å²) in [7, 11) is 0. The van der Waals surface area contributed by atoms with E-state index in [1.165, 1.54) is 6.42 Å². The van der Waals surface area contributed by atoms with Crippen LogP contribution in [-0.2, 0) is 4.79 Å². The molecule has 3 heteroatoms. The predicted molar refractivity (Wildman–Crippen MR) is 69.4 cm³/mol. The first kappa shape index (κ1) is 12.9. The van der Waals surface area contributed by atoms with Crippen molar-refractivity contribution in [1.82, 2.24) is 4.90 Å². The normalized spacial score (nSPS) is 37.4. The van der Waals surface area contributed by atoms with E-state index in [1.54, 1.807) is 0 Å². The maximum absolute atomic E-state index is 12.5. The van der Waals surface area contributed by atoms with Crippen molar-refractivity contribution in [3.05, 3.63) is 0 Å². The summed E-state index contributed by atoms with van der Waals surface area (Å²) in [6.07, 6.45) is 3.15. The maximum atomic E-state index is 12.5. The van der Waals surface area contributed by atoms with Gasteiger partial charge >= 0.3 is 0 Å². The molecule has 1 aliphatic carbocycles. The molecule has 1 atom stereocenters. The Morgan fingerprint density at radius 2 is 2.12 bits per heavy atom. The molecule has 1 heterocycles. The number of hydrogen-bond acceptors (Lipinski definition) is 2. The molecule has 0 aromatic rings. The van der Waals surface area contributed by atoms with Gasteiger partial charge in [-0.2, -0.15) is 0 Å².